The molecule has 6 heteroatoms. The molecule has 72 valence electrons. The van der Waals surface area contributed by atoms with E-state index in [1.165, 1.54) is 0 Å². The third-order valence-corrected chi connectivity index (χ3v) is 1.75. The van der Waals surface area contributed by atoms with Crippen LogP contribution in [0.4, 0.5) is 0 Å². The molecule has 0 fully saturated rings. The number of carbonyl (C=O) groups is 1. The standard InChI is InChI=1S/C7H13N5O/c8-5(9)3-11-7(13)4-1-2-6(10)12-4/h4H,1-3H2,(H3,8,9)(H2,10,12)(H,11,13). The lowest BCUT2D eigenvalue weighted by atomic mass is 10.2. The Hall–Kier alpha value is -1.59. The number of nitrogens with two attached hydrogens (primary N) is 2. The summed E-state index contributed by atoms with van der Waals surface area (Å²) in [4.78, 5) is 15.2. The number of aliphatic imine (C=N–C) groups is 1. The first-order chi connectivity index (χ1) is 6.09. The molecule has 0 spiro atoms. The van der Waals surface area contributed by atoms with Crippen LogP contribution in [0.5, 0.6) is 0 Å². The van der Waals surface area contributed by atoms with Crippen LogP contribution in [0.3, 0.4) is 0 Å². The van der Waals surface area contributed by atoms with Crippen LogP contribution in [0, 0.1) is 5.41 Å². The van der Waals surface area contributed by atoms with E-state index in [2.05, 4.69) is 10.3 Å². The first-order valence-electron chi connectivity index (χ1n) is 4.02. The third kappa shape index (κ3) is 2.73. The van der Waals surface area contributed by atoms with Gasteiger partial charge in [-0.1, -0.05) is 0 Å². The summed E-state index contributed by atoms with van der Waals surface area (Å²) in [6.07, 6.45) is 1.31. The van der Waals surface area contributed by atoms with Crippen molar-refractivity contribution in [3.63, 3.8) is 0 Å². The Morgan fingerprint density at radius 3 is 2.92 bits per heavy atom. The van der Waals surface area contributed by atoms with Crippen LogP contribution < -0.4 is 16.8 Å². The molecule has 0 aromatic carbocycles. The molecule has 1 unspecified atom stereocenters. The molecular weight excluding hydrogens is 170 g/mol. The number of nitrogens with zero attached hydrogens (tertiary/aromatic N) is 1. The molecule has 1 aliphatic heterocycles. The average Bonchev–Trinajstić information content (AvgIpc) is 2.47. The van der Waals surface area contributed by atoms with E-state index in [4.69, 9.17) is 16.9 Å². The second-order valence-corrected chi connectivity index (χ2v) is 2.92. The van der Waals surface area contributed by atoms with Crippen LogP contribution in [-0.2, 0) is 4.79 Å². The Morgan fingerprint density at radius 2 is 2.46 bits per heavy atom. The molecule has 0 aromatic heterocycles. The van der Waals surface area contributed by atoms with Crippen LogP contribution >= 0.6 is 0 Å². The van der Waals surface area contributed by atoms with Gasteiger partial charge in [0.2, 0.25) is 5.91 Å². The zero-order valence-electron chi connectivity index (χ0n) is 7.21. The fourth-order valence-corrected chi connectivity index (χ4v) is 1.10. The molecule has 6 N–H and O–H groups in total. The molecule has 0 bridgehead atoms. The Labute approximate surface area is 75.9 Å². The van der Waals surface area contributed by atoms with E-state index < -0.39 is 0 Å². The molecule has 1 atom stereocenters. The number of hydrogen-bond donors (Lipinski definition) is 4. The molecule has 13 heavy (non-hydrogen) atoms. The van der Waals surface area contributed by atoms with Crippen LogP contribution in [0.2, 0.25) is 0 Å². The third-order valence-electron chi connectivity index (χ3n) is 1.75. The van der Waals surface area contributed by atoms with Gasteiger partial charge in [-0.3, -0.25) is 15.2 Å². The first-order valence-corrected chi connectivity index (χ1v) is 4.02. The van der Waals surface area contributed by atoms with Crippen molar-refractivity contribution in [3.8, 4) is 0 Å². The van der Waals surface area contributed by atoms with Crippen LogP contribution in [0.25, 0.3) is 0 Å². The summed E-state index contributed by atoms with van der Waals surface area (Å²) in [6.45, 7) is 0.0742. The van der Waals surface area contributed by atoms with Gasteiger partial charge < -0.3 is 16.8 Å². The highest BCUT2D eigenvalue weighted by molar-refractivity contribution is 5.92. The quantitative estimate of drug-likeness (QED) is 0.317. The van der Waals surface area contributed by atoms with Crippen molar-refractivity contribution >= 4 is 17.6 Å². The van der Waals surface area contributed by atoms with Gasteiger partial charge in [0.1, 0.15) is 11.9 Å². The zero-order chi connectivity index (χ0) is 9.84. The fraction of sp³-hybridized carbons (Fsp3) is 0.571. The van der Waals surface area contributed by atoms with E-state index in [1.54, 1.807) is 0 Å². The smallest absolute Gasteiger partial charge is 0.245 e. The van der Waals surface area contributed by atoms with Crippen molar-refractivity contribution in [1.82, 2.24) is 5.32 Å². The van der Waals surface area contributed by atoms with Crippen molar-refractivity contribution in [2.75, 3.05) is 6.54 Å². The minimum atomic E-state index is -0.389. The SMILES string of the molecule is N=C(N)CNC(=O)C1CCC(N)=N1. The molecular formula is C7H13N5O. The predicted octanol–water partition coefficient (Wildman–Crippen LogP) is -1.44. The minimum absolute atomic E-state index is 0.0664. The lowest BCUT2D eigenvalue weighted by Gasteiger charge is -2.06. The molecule has 0 saturated heterocycles. The highest BCUT2D eigenvalue weighted by Crippen LogP contribution is 2.10. The fourth-order valence-electron chi connectivity index (χ4n) is 1.10. The van der Waals surface area contributed by atoms with Gasteiger partial charge in [0.25, 0.3) is 0 Å². The summed E-state index contributed by atoms with van der Waals surface area (Å²) >= 11 is 0. The molecule has 1 aliphatic rings. The van der Waals surface area contributed by atoms with E-state index in [0.29, 0.717) is 18.7 Å². The first kappa shape index (κ1) is 9.50. The largest absolute Gasteiger partial charge is 0.387 e. The maximum Gasteiger partial charge on any atom is 0.245 e. The van der Waals surface area contributed by atoms with Crippen LogP contribution in [0.1, 0.15) is 12.8 Å². The Balaban J connectivity index is 2.36. The maximum atomic E-state index is 11.3. The van der Waals surface area contributed by atoms with Gasteiger partial charge in [0, 0.05) is 6.42 Å². The monoisotopic (exact) mass is 183 g/mol. The van der Waals surface area contributed by atoms with Gasteiger partial charge in [-0.25, -0.2) is 0 Å². The average molecular weight is 183 g/mol. The van der Waals surface area contributed by atoms with Gasteiger partial charge in [0.15, 0.2) is 0 Å². The summed E-state index contributed by atoms with van der Waals surface area (Å²) in [5.74, 6) is 0.238. The minimum Gasteiger partial charge on any atom is -0.387 e. The van der Waals surface area contributed by atoms with Gasteiger partial charge in [-0.05, 0) is 6.42 Å². The van der Waals surface area contributed by atoms with Crippen molar-refractivity contribution < 1.29 is 4.79 Å². The second-order valence-electron chi connectivity index (χ2n) is 2.92. The Morgan fingerprint density at radius 1 is 1.77 bits per heavy atom. The van der Waals surface area contributed by atoms with Crippen LogP contribution in [0.15, 0.2) is 4.99 Å². The number of hydrogen-bond acceptors (Lipinski definition) is 4. The van der Waals surface area contributed by atoms with E-state index in [1.807, 2.05) is 0 Å². The van der Waals surface area contributed by atoms with E-state index in [0.717, 1.165) is 0 Å². The highest BCUT2D eigenvalue weighted by Gasteiger charge is 2.22. The van der Waals surface area contributed by atoms with Gasteiger partial charge in [-0.15, -0.1) is 0 Å². The van der Waals surface area contributed by atoms with Gasteiger partial charge in [-0.2, -0.15) is 0 Å². The van der Waals surface area contributed by atoms with Crippen LogP contribution in [-0.4, -0.2) is 30.2 Å². The van der Waals surface area contributed by atoms with Gasteiger partial charge in [0.05, 0.1) is 12.4 Å². The number of carbonyl (C=O) groups excluding carboxylic acids is 1. The van der Waals surface area contributed by atoms with E-state index in [9.17, 15) is 4.79 Å². The summed E-state index contributed by atoms with van der Waals surface area (Å²) in [5.41, 5.74) is 10.5. The maximum absolute atomic E-state index is 11.3. The van der Waals surface area contributed by atoms with Crippen molar-refractivity contribution in [2.24, 2.45) is 16.5 Å². The second kappa shape index (κ2) is 3.88. The number of nitrogens with one attached hydrogen (secondary N) is 2. The summed E-state index contributed by atoms with van der Waals surface area (Å²) in [6, 6.07) is -0.389. The topological polar surface area (TPSA) is 117 Å². The molecule has 0 aliphatic carbocycles. The summed E-state index contributed by atoms with van der Waals surface area (Å²) in [7, 11) is 0. The lowest BCUT2D eigenvalue weighted by Crippen LogP contribution is -2.38. The van der Waals surface area contributed by atoms with Crippen molar-refractivity contribution in [1.29, 1.82) is 5.41 Å². The molecule has 1 rings (SSSR count). The lowest BCUT2D eigenvalue weighted by molar-refractivity contribution is -0.121. The Bertz CT molecular complexity index is 260. The predicted molar refractivity (Wildman–Crippen MR) is 49.6 cm³/mol. The van der Waals surface area contributed by atoms with E-state index >= 15 is 0 Å². The summed E-state index contributed by atoms with van der Waals surface area (Å²) < 4.78 is 0. The molecule has 6 nitrogen and oxygen atoms in total. The molecule has 0 radical (unpaired) electrons. The molecule has 0 saturated carbocycles. The molecule has 0 aromatic rings. The normalized spacial score (nSPS) is 20.9. The number of amides is 1. The number of amidine groups is 2. The highest BCUT2D eigenvalue weighted by atomic mass is 16.2. The zero-order valence-corrected chi connectivity index (χ0v) is 7.21. The van der Waals surface area contributed by atoms with Crippen molar-refractivity contribution in [3.05, 3.63) is 0 Å². The number of rotatable bonds is 3. The molecule has 1 amide bonds. The molecule has 1 heterocycles. The summed E-state index contributed by atoms with van der Waals surface area (Å²) in [5, 5.41) is 9.39. The Kier molecular flexibility index (Phi) is 2.84. The van der Waals surface area contributed by atoms with Crippen molar-refractivity contribution in [2.45, 2.75) is 18.9 Å². The van der Waals surface area contributed by atoms with Gasteiger partial charge >= 0.3 is 0 Å². The van der Waals surface area contributed by atoms with E-state index in [-0.39, 0.29) is 24.3 Å².